The standard InChI is InChI=1S/C21H23ClFN5O2/c1-3-30-21(29)16-11-4-6-12(7-5-11)18(16)26-20-17(23)15(13-9-25-28(2)10-13)14(8-24)19(22)27-20/h9-12,16,18H,3-7H2,1-2H3,(H,26,27)/t11?,12?,16-,18-/m0/s1. The van der Waals surface area contributed by atoms with E-state index in [2.05, 4.69) is 15.4 Å². The van der Waals surface area contributed by atoms with Gasteiger partial charge in [0.05, 0.1) is 18.7 Å². The van der Waals surface area contributed by atoms with Crippen LogP contribution in [-0.2, 0) is 16.6 Å². The number of nitrogens with one attached hydrogen (secondary N) is 1. The molecule has 5 rings (SSSR count). The molecule has 3 aliphatic carbocycles. The molecule has 2 aromatic rings. The number of pyridine rings is 1. The molecule has 30 heavy (non-hydrogen) atoms. The van der Waals surface area contributed by atoms with Crippen LogP contribution >= 0.6 is 11.6 Å². The molecule has 0 radical (unpaired) electrons. The molecular formula is C21H23ClFN5O2. The van der Waals surface area contributed by atoms with Gasteiger partial charge in [-0.3, -0.25) is 9.48 Å². The van der Waals surface area contributed by atoms with Crippen LogP contribution in [0, 0.1) is 34.9 Å². The van der Waals surface area contributed by atoms with Gasteiger partial charge in [0, 0.05) is 30.4 Å². The summed E-state index contributed by atoms with van der Waals surface area (Å²) in [5, 5.41) is 16.7. The maximum absolute atomic E-state index is 15.6. The number of nitrogens with zero attached hydrogens (tertiary/aromatic N) is 4. The summed E-state index contributed by atoms with van der Waals surface area (Å²) in [4.78, 5) is 16.8. The molecule has 0 spiro atoms. The summed E-state index contributed by atoms with van der Waals surface area (Å²) >= 11 is 6.25. The Labute approximate surface area is 179 Å². The zero-order chi connectivity index (χ0) is 21.4. The maximum atomic E-state index is 15.6. The van der Waals surface area contributed by atoms with Crippen LogP contribution in [0.25, 0.3) is 11.1 Å². The first-order valence-electron chi connectivity index (χ1n) is 10.2. The summed E-state index contributed by atoms with van der Waals surface area (Å²) in [7, 11) is 1.71. The molecule has 0 unspecified atom stereocenters. The average molecular weight is 432 g/mol. The number of nitriles is 1. The first-order valence-corrected chi connectivity index (χ1v) is 10.5. The number of carbonyl (C=O) groups is 1. The second-order valence-corrected chi connectivity index (χ2v) is 8.31. The van der Waals surface area contributed by atoms with Gasteiger partial charge in [0.1, 0.15) is 16.8 Å². The Hall–Kier alpha value is -2.66. The van der Waals surface area contributed by atoms with Crippen LogP contribution in [0.2, 0.25) is 5.15 Å². The van der Waals surface area contributed by atoms with Gasteiger partial charge in [0.25, 0.3) is 0 Å². The molecule has 2 bridgehead atoms. The van der Waals surface area contributed by atoms with Crippen molar-refractivity contribution in [2.75, 3.05) is 11.9 Å². The number of halogens is 2. The summed E-state index contributed by atoms with van der Waals surface area (Å²) in [5.41, 5.74) is 0.451. The Bertz CT molecular complexity index is 1010. The van der Waals surface area contributed by atoms with E-state index >= 15 is 4.39 Å². The van der Waals surface area contributed by atoms with Crippen LogP contribution in [0.4, 0.5) is 10.2 Å². The van der Waals surface area contributed by atoms with E-state index in [0.717, 1.165) is 25.7 Å². The van der Waals surface area contributed by atoms with Crippen LogP contribution < -0.4 is 5.32 Å². The molecule has 7 nitrogen and oxygen atoms in total. The minimum atomic E-state index is -0.673. The minimum absolute atomic E-state index is 0.0418. The van der Waals surface area contributed by atoms with Gasteiger partial charge in [-0.2, -0.15) is 10.4 Å². The summed E-state index contributed by atoms with van der Waals surface area (Å²) in [6.07, 6.45) is 6.97. The fourth-order valence-corrected chi connectivity index (χ4v) is 5.17. The first kappa shape index (κ1) is 20.6. The molecule has 0 aliphatic heterocycles. The average Bonchev–Trinajstić information content (AvgIpc) is 3.16. The van der Waals surface area contributed by atoms with Gasteiger partial charge >= 0.3 is 5.97 Å². The predicted octanol–water partition coefficient (Wildman–Crippen LogP) is 3.93. The van der Waals surface area contributed by atoms with Crippen LogP contribution in [0.3, 0.4) is 0 Å². The highest BCUT2D eigenvalue weighted by atomic mass is 35.5. The van der Waals surface area contributed by atoms with Crippen molar-refractivity contribution in [1.29, 1.82) is 5.26 Å². The highest BCUT2D eigenvalue weighted by Gasteiger charge is 2.48. The smallest absolute Gasteiger partial charge is 0.311 e. The molecule has 0 amide bonds. The summed E-state index contributed by atoms with van der Waals surface area (Å²) in [6.45, 7) is 2.09. The van der Waals surface area contributed by atoms with Crippen molar-refractivity contribution < 1.29 is 13.9 Å². The van der Waals surface area contributed by atoms with Gasteiger partial charge in [0.15, 0.2) is 11.6 Å². The molecule has 3 fully saturated rings. The van der Waals surface area contributed by atoms with Crippen molar-refractivity contribution in [2.45, 2.75) is 38.6 Å². The Morgan fingerprint density at radius 1 is 1.40 bits per heavy atom. The molecule has 9 heteroatoms. The topological polar surface area (TPSA) is 92.8 Å². The molecule has 2 heterocycles. The highest BCUT2D eigenvalue weighted by Crippen LogP contribution is 2.47. The molecule has 0 aromatic carbocycles. The quantitative estimate of drug-likeness (QED) is 0.569. The molecule has 3 aliphatic rings. The first-order chi connectivity index (χ1) is 14.4. The second kappa shape index (κ2) is 8.23. The number of rotatable bonds is 5. The van der Waals surface area contributed by atoms with Crippen molar-refractivity contribution in [3.8, 4) is 17.2 Å². The van der Waals surface area contributed by atoms with Crippen LogP contribution in [0.1, 0.15) is 38.2 Å². The van der Waals surface area contributed by atoms with E-state index in [1.54, 1.807) is 20.2 Å². The van der Waals surface area contributed by atoms with Crippen LogP contribution in [0.15, 0.2) is 12.4 Å². The predicted molar refractivity (Wildman–Crippen MR) is 109 cm³/mol. The van der Waals surface area contributed by atoms with E-state index in [0.29, 0.717) is 12.2 Å². The van der Waals surface area contributed by atoms with Crippen molar-refractivity contribution in [1.82, 2.24) is 14.8 Å². The van der Waals surface area contributed by atoms with Crippen LogP contribution in [-0.4, -0.2) is 33.4 Å². The van der Waals surface area contributed by atoms with Gasteiger partial charge in [-0.05, 0) is 44.4 Å². The summed E-state index contributed by atoms with van der Waals surface area (Å²) in [6, 6.07) is 1.65. The fraction of sp³-hybridized carbons (Fsp3) is 0.524. The minimum Gasteiger partial charge on any atom is -0.466 e. The lowest BCUT2D eigenvalue weighted by molar-refractivity contribution is -0.154. The zero-order valence-corrected chi connectivity index (χ0v) is 17.6. The number of esters is 1. The summed E-state index contributed by atoms with van der Waals surface area (Å²) < 4.78 is 22.4. The van der Waals surface area contributed by atoms with Crippen molar-refractivity contribution in [3.05, 3.63) is 28.9 Å². The van der Waals surface area contributed by atoms with Crippen molar-refractivity contribution >= 4 is 23.4 Å². The molecule has 2 atom stereocenters. The molecule has 2 aromatic heterocycles. The number of anilines is 1. The number of fused-ring (bicyclic) bond motifs is 3. The fourth-order valence-electron chi connectivity index (χ4n) is 4.95. The third kappa shape index (κ3) is 3.52. The number of aryl methyl sites for hydroxylation is 1. The third-order valence-corrected chi connectivity index (χ3v) is 6.55. The lowest BCUT2D eigenvalue weighted by atomic mass is 9.61. The van der Waals surface area contributed by atoms with Crippen molar-refractivity contribution in [2.24, 2.45) is 24.8 Å². The Morgan fingerprint density at radius 3 is 2.70 bits per heavy atom. The number of hydrogen-bond donors (Lipinski definition) is 1. The van der Waals surface area contributed by atoms with Gasteiger partial charge in [-0.15, -0.1) is 0 Å². The largest absolute Gasteiger partial charge is 0.466 e. The number of ether oxygens (including phenoxy) is 1. The Balaban J connectivity index is 1.74. The normalized spacial score (nSPS) is 25.0. The van der Waals surface area contributed by atoms with E-state index in [9.17, 15) is 10.1 Å². The van der Waals surface area contributed by atoms with Crippen LogP contribution in [0.5, 0.6) is 0 Å². The number of hydrogen-bond acceptors (Lipinski definition) is 6. The molecule has 0 saturated heterocycles. The third-order valence-electron chi connectivity index (χ3n) is 6.28. The molecular weight excluding hydrogens is 409 g/mol. The van der Waals surface area contributed by atoms with E-state index in [1.807, 2.05) is 6.07 Å². The number of aromatic nitrogens is 3. The molecule has 1 N–H and O–H groups in total. The molecule has 158 valence electrons. The van der Waals surface area contributed by atoms with Gasteiger partial charge in [-0.25, -0.2) is 9.37 Å². The lowest BCUT2D eigenvalue weighted by Crippen LogP contribution is -2.52. The van der Waals surface area contributed by atoms with E-state index in [1.165, 1.54) is 10.9 Å². The maximum Gasteiger partial charge on any atom is 0.311 e. The van der Waals surface area contributed by atoms with Crippen molar-refractivity contribution in [3.63, 3.8) is 0 Å². The van der Waals surface area contributed by atoms with E-state index in [-0.39, 0.29) is 51.9 Å². The second-order valence-electron chi connectivity index (χ2n) is 7.95. The van der Waals surface area contributed by atoms with E-state index in [4.69, 9.17) is 16.3 Å². The number of carbonyl (C=O) groups excluding carboxylic acids is 1. The van der Waals surface area contributed by atoms with E-state index < -0.39 is 5.82 Å². The zero-order valence-electron chi connectivity index (χ0n) is 16.9. The Kier molecular flexibility index (Phi) is 5.65. The highest BCUT2D eigenvalue weighted by molar-refractivity contribution is 6.31. The van der Waals surface area contributed by atoms with Gasteiger partial charge in [0.2, 0.25) is 0 Å². The SMILES string of the molecule is CCOC(=O)[C@H]1C2CCC(CC2)[C@@H]1Nc1nc(Cl)c(C#N)c(-c2cnn(C)c2)c1F. The molecule has 3 saturated carbocycles. The Morgan fingerprint density at radius 2 is 2.10 bits per heavy atom. The van der Waals surface area contributed by atoms with Gasteiger partial charge < -0.3 is 10.1 Å². The van der Waals surface area contributed by atoms with Gasteiger partial charge in [-0.1, -0.05) is 11.6 Å². The monoisotopic (exact) mass is 431 g/mol. The summed E-state index contributed by atoms with van der Waals surface area (Å²) in [5.74, 6) is -0.896. The lowest BCUT2D eigenvalue weighted by Gasteiger charge is -2.47.